The molecule has 0 aliphatic rings. The van der Waals surface area contributed by atoms with E-state index in [1.807, 2.05) is 25.3 Å². The Labute approximate surface area is 113 Å². The van der Waals surface area contributed by atoms with Crippen LogP contribution in [0.15, 0.2) is 43.1 Å². The molecule has 0 radical (unpaired) electrons. The Hall–Kier alpha value is -2.03. The molecule has 0 saturated heterocycles. The number of aromatic amines is 1. The molecule has 19 heavy (non-hydrogen) atoms. The number of para-hydroxylation sites is 1. The summed E-state index contributed by atoms with van der Waals surface area (Å²) in [5.41, 5.74) is 2.38. The van der Waals surface area contributed by atoms with Crippen LogP contribution in [0, 0.1) is 0 Å². The van der Waals surface area contributed by atoms with Crippen LogP contribution in [0.1, 0.15) is 25.3 Å². The zero-order chi connectivity index (χ0) is 13.7. The second-order valence-corrected chi connectivity index (χ2v) is 4.86. The van der Waals surface area contributed by atoms with Crippen LogP contribution in [0.2, 0.25) is 0 Å². The average molecular weight is 256 g/mol. The molecule has 1 atom stereocenters. The molecule has 0 spiro atoms. The van der Waals surface area contributed by atoms with E-state index < -0.39 is 0 Å². The van der Waals surface area contributed by atoms with Crippen LogP contribution in [-0.2, 0) is 11.2 Å². The lowest BCUT2D eigenvalue weighted by molar-refractivity contribution is -0.121. The van der Waals surface area contributed by atoms with Gasteiger partial charge in [-0.1, -0.05) is 24.3 Å². The average Bonchev–Trinajstić information content (AvgIpc) is 2.80. The Morgan fingerprint density at radius 2 is 2.26 bits per heavy atom. The lowest BCUT2D eigenvalue weighted by Gasteiger charge is -2.13. The van der Waals surface area contributed by atoms with Crippen LogP contribution in [-0.4, -0.2) is 16.9 Å². The van der Waals surface area contributed by atoms with Gasteiger partial charge in [-0.25, -0.2) is 0 Å². The first-order valence-electron chi connectivity index (χ1n) is 6.66. The molecule has 3 nitrogen and oxygen atoms in total. The van der Waals surface area contributed by atoms with E-state index >= 15 is 0 Å². The van der Waals surface area contributed by atoms with Gasteiger partial charge in [0.05, 0.1) is 0 Å². The fourth-order valence-corrected chi connectivity index (χ4v) is 2.26. The molecule has 2 N–H and O–H groups in total. The molecule has 2 aromatic rings. The van der Waals surface area contributed by atoms with Crippen molar-refractivity contribution in [1.29, 1.82) is 0 Å². The monoisotopic (exact) mass is 256 g/mol. The third-order valence-corrected chi connectivity index (χ3v) is 3.18. The summed E-state index contributed by atoms with van der Waals surface area (Å²) in [6, 6.07) is 8.35. The molecule has 1 heterocycles. The van der Waals surface area contributed by atoms with E-state index in [9.17, 15) is 4.79 Å². The number of aromatic nitrogens is 1. The molecule has 2 rings (SSSR count). The first kappa shape index (κ1) is 13.4. The van der Waals surface area contributed by atoms with E-state index in [1.165, 1.54) is 10.9 Å². The van der Waals surface area contributed by atoms with Crippen molar-refractivity contribution in [2.45, 2.75) is 32.2 Å². The minimum Gasteiger partial charge on any atom is -0.361 e. The summed E-state index contributed by atoms with van der Waals surface area (Å²) in [5.74, 6) is 0.0900. The molecular weight excluding hydrogens is 236 g/mol. The third kappa shape index (κ3) is 3.47. The highest BCUT2D eigenvalue weighted by atomic mass is 16.1. The third-order valence-electron chi connectivity index (χ3n) is 3.18. The van der Waals surface area contributed by atoms with Crippen molar-refractivity contribution in [3.8, 4) is 0 Å². The summed E-state index contributed by atoms with van der Waals surface area (Å²) in [6.07, 6.45) is 5.87. The number of benzene rings is 1. The van der Waals surface area contributed by atoms with Crippen LogP contribution >= 0.6 is 0 Å². The summed E-state index contributed by atoms with van der Waals surface area (Å²) in [5, 5.41) is 4.25. The Morgan fingerprint density at radius 1 is 1.47 bits per heavy atom. The van der Waals surface area contributed by atoms with Crippen molar-refractivity contribution < 1.29 is 4.79 Å². The summed E-state index contributed by atoms with van der Waals surface area (Å²) in [7, 11) is 0. The molecule has 1 aromatic heterocycles. The van der Waals surface area contributed by atoms with Gasteiger partial charge in [0.15, 0.2) is 0 Å². The maximum absolute atomic E-state index is 11.6. The van der Waals surface area contributed by atoms with Crippen molar-refractivity contribution >= 4 is 16.8 Å². The SMILES string of the molecule is C=CCCC(=O)N[C@H](C)Cc1c[nH]c2ccccc12. The molecule has 1 aromatic carbocycles. The Morgan fingerprint density at radius 3 is 3.05 bits per heavy atom. The molecule has 0 saturated carbocycles. The predicted octanol–water partition coefficient (Wildman–Crippen LogP) is 3.18. The van der Waals surface area contributed by atoms with Gasteiger partial charge >= 0.3 is 0 Å². The van der Waals surface area contributed by atoms with Crippen LogP contribution in [0.5, 0.6) is 0 Å². The molecular formula is C16H20N2O. The smallest absolute Gasteiger partial charge is 0.220 e. The van der Waals surface area contributed by atoms with Gasteiger partial charge in [-0.3, -0.25) is 4.79 Å². The highest BCUT2D eigenvalue weighted by molar-refractivity contribution is 5.83. The van der Waals surface area contributed by atoms with Gasteiger partial charge < -0.3 is 10.3 Å². The van der Waals surface area contributed by atoms with E-state index in [0.717, 1.165) is 18.4 Å². The van der Waals surface area contributed by atoms with Crippen molar-refractivity contribution in [3.05, 3.63) is 48.7 Å². The zero-order valence-electron chi connectivity index (χ0n) is 11.3. The van der Waals surface area contributed by atoms with E-state index in [4.69, 9.17) is 0 Å². The second kappa shape index (κ2) is 6.23. The van der Waals surface area contributed by atoms with Gasteiger partial charge in [0.25, 0.3) is 0 Å². The molecule has 0 aliphatic heterocycles. The first-order chi connectivity index (χ1) is 9.20. The maximum Gasteiger partial charge on any atom is 0.220 e. The largest absolute Gasteiger partial charge is 0.361 e. The van der Waals surface area contributed by atoms with Crippen molar-refractivity contribution in [3.63, 3.8) is 0 Å². The number of carbonyl (C=O) groups excluding carboxylic acids is 1. The number of hydrogen-bond acceptors (Lipinski definition) is 1. The fourth-order valence-electron chi connectivity index (χ4n) is 2.26. The first-order valence-corrected chi connectivity index (χ1v) is 6.66. The molecule has 100 valence electrons. The molecule has 0 aliphatic carbocycles. The van der Waals surface area contributed by atoms with E-state index in [2.05, 4.69) is 29.0 Å². The van der Waals surface area contributed by atoms with Gasteiger partial charge in [0.1, 0.15) is 0 Å². The number of fused-ring (bicyclic) bond motifs is 1. The van der Waals surface area contributed by atoms with Crippen molar-refractivity contribution in [2.75, 3.05) is 0 Å². The number of H-pyrrole nitrogens is 1. The summed E-state index contributed by atoms with van der Waals surface area (Å²) < 4.78 is 0. The van der Waals surface area contributed by atoms with E-state index in [1.54, 1.807) is 6.08 Å². The Balaban J connectivity index is 1.97. The van der Waals surface area contributed by atoms with Crippen LogP contribution in [0.25, 0.3) is 10.9 Å². The lowest BCUT2D eigenvalue weighted by Crippen LogP contribution is -2.33. The number of carbonyl (C=O) groups is 1. The van der Waals surface area contributed by atoms with Crippen molar-refractivity contribution in [1.82, 2.24) is 10.3 Å². The maximum atomic E-state index is 11.6. The van der Waals surface area contributed by atoms with Gasteiger partial charge in [-0.2, -0.15) is 0 Å². The van der Waals surface area contributed by atoms with Gasteiger partial charge in [-0.15, -0.1) is 6.58 Å². The summed E-state index contributed by atoms with van der Waals surface area (Å²) in [6.45, 7) is 5.66. The molecule has 0 fully saturated rings. The highest BCUT2D eigenvalue weighted by Gasteiger charge is 2.10. The quantitative estimate of drug-likeness (QED) is 0.766. The highest BCUT2D eigenvalue weighted by Crippen LogP contribution is 2.18. The number of allylic oxidation sites excluding steroid dienone is 1. The minimum absolute atomic E-state index is 0.0900. The molecule has 0 bridgehead atoms. The number of hydrogen-bond donors (Lipinski definition) is 2. The standard InChI is InChI=1S/C16H20N2O/c1-3-4-9-16(19)18-12(2)10-13-11-17-15-8-6-5-7-14(13)15/h3,5-8,11-12,17H,1,4,9-10H2,2H3,(H,18,19)/t12-/m1/s1. The molecule has 0 unspecified atom stereocenters. The molecule has 1 amide bonds. The minimum atomic E-state index is 0.0900. The van der Waals surface area contributed by atoms with Crippen LogP contribution in [0.3, 0.4) is 0 Å². The van der Waals surface area contributed by atoms with Gasteiger partial charge in [0, 0.05) is 29.6 Å². The summed E-state index contributed by atoms with van der Waals surface area (Å²) >= 11 is 0. The van der Waals surface area contributed by atoms with Crippen LogP contribution in [0.4, 0.5) is 0 Å². The Kier molecular flexibility index (Phi) is 4.39. The second-order valence-electron chi connectivity index (χ2n) is 4.86. The van der Waals surface area contributed by atoms with Gasteiger partial charge in [-0.05, 0) is 31.4 Å². The fraction of sp³-hybridized carbons (Fsp3) is 0.312. The van der Waals surface area contributed by atoms with Gasteiger partial charge in [0.2, 0.25) is 5.91 Å². The number of amides is 1. The lowest BCUT2D eigenvalue weighted by atomic mass is 10.1. The zero-order valence-corrected chi connectivity index (χ0v) is 11.3. The van der Waals surface area contributed by atoms with E-state index in [0.29, 0.717) is 6.42 Å². The number of nitrogens with one attached hydrogen (secondary N) is 2. The normalized spacial score (nSPS) is 12.3. The van der Waals surface area contributed by atoms with Crippen molar-refractivity contribution in [2.24, 2.45) is 0 Å². The predicted molar refractivity (Wildman–Crippen MR) is 79.0 cm³/mol. The van der Waals surface area contributed by atoms with E-state index in [-0.39, 0.29) is 11.9 Å². The molecule has 3 heteroatoms. The summed E-state index contributed by atoms with van der Waals surface area (Å²) in [4.78, 5) is 14.9. The van der Waals surface area contributed by atoms with Crippen LogP contribution < -0.4 is 5.32 Å². The topological polar surface area (TPSA) is 44.9 Å². The Bertz CT molecular complexity index is 571. The number of rotatable bonds is 6.